The van der Waals surface area contributed by atoms with Gasteiger partial charge in [-0.25, -0.2) is 0 Å². The first-order valence-electron chi connectivity index (χ1n) is 9.28. The van der Waals surface area contributed by atoms with Crippen molar-refractivity contribution in [2.75, 3.05) is 36.1 Å². The molecular formula is C21H25BrN2O2S. The fourth-order valence-corrected chi connectivity index (χ4v) is 4.21. The summed E-state index contributed by atoms with van der Waals surface area (Å²) in [6, 6.07) is 16.3. The molecule has 144 valence electrons. The van der Waals surface area contributed by atoms with Crippen molar-refractivity contribution < 1.29 is 9.53 Å². The molecule has 0 spiro atoms. The molecule has 0 saturated carbocycles. The van der Waals surface area contributed by atoms with E-state index in [1.807, 2.05) is 36.0 Å². The molecule has 0 atom stereocenters. The first-order chi connectivity index (χ1) is 13.2. The van der Waals surface area contributed by atoms with E-state index in [0.717, 1.165) is 28.9 Å². The van der Waals surface area contributed by atoms with Crippen molar-refractivity contribution >= 4 is 39.3 Å². The second-order valence-corrected chi connectivity index (χ2v) is 8.50. The van der Waals surface area contributed by atoms with Crippen LogP contribution >= 0.6 is 27.7 Å². The summed E-state index contributed by atoms with van der Waals surface area (Å²) in [7, 11) is 0. The summed E-state index contributed by atoms with van der Waals surface area (Å²) in [6.07, 6.45) is 1.16. The molecule has 1 saturated heterocycles. The molecular weight excluding hydrogens is 424 g/mol. The Kier molecular flexibility index (Phi) is 7.90. The van der Waals surface area contributed by atoms with E-state index in [2.05, 4.69) is 50.4 Å². The van der Waals surface area contributed by atoms with Crippen LogP contribution in [0.5, 0.6) is 5.75 Å². The predicted molar refractivity (Wildman–Crippen MR) is 117 cm³/mol. The summed E-state index contributed by atoms with van der Waals surface area (Å²) in [5.41, 5.74) is 2.40. The number of anilines is 1. The van der Waals surface area contributed by atoms with Gasteiger partial charge in [-0.15, -0.1) is 0 Å². The topological polar surface area (TPSA) is 41.6 Å². The molecule has 6 heteroatoms. The molecule has 4 nitrogen and oxygen atoms in total. The van der Waals surface area contributed by atoms with Gasteiger partial charge in [0.2, 0.25) is 5.91 Å². The van der Waals surface area contributed by atoms with Crippen molar-refractivity contribution in [1.82, 2.24) is 5.32 Å². The zero-order chi connectivity index (χ0) is 18.9. The Hall–Kier alpha value is -1.66. The van der Waals surface area contributed by atoms with E-state index in [4.69, 9.17) is 4.74 Å². The smallest absolute Gasteiger partial charge is 0.220 e. The van der Waals surface area contributed by atoms with E-state index in [9.17, 15) is 4.79 Å². The number of hydrogen-bond donors (Lipinski definition) is 1. The minimum Gasteiger partial charge on any atom is -0.492 e. The van der Waals surface area contributed by atoms with E-state index in [1.54, 1.807) is 0 Å². The lowest BCUT2D eigenvalue weighted by Gasteiger charge is -2.28. The molecule has 0 aromatic heterocycles. The van der Waals surface area contributed by atoms with Crippen LogP contribution in [-0.2, 0) is 11.3 Å². The quantitative estimate of drug-likeness (QED) is 0.604. The van der Waals surface area contributed by atoms with Crippen LogP contribution in [0, 0.1) is 0 Å². The van der Waals surface area contributed by atoms with Crippen LogP contribution in [-0.4, -0.2) is 37.1 Å². The summed E-state index contributed by atoms with van der Waals surface area (Å²) in [4.78, 5) is 14.4. The largest absolute Gasteiger partial charge is 0.492 e. The van der Waals surface area contributed by atoms with Crippen LogP contribution in [0.2, 0.25) is 0 Å². The van der Waals surface area contributed by atoms with Gasteiger partial charge in [0, 0.05) is 43.2 Å². The number of ether oxygens (including phenoxy) is 1. The van der Waals surface area contributed by atoms with E-state index in [0.29, 0.717) is 26.0 Å². The van der Waals surface area contributed by atoms with Gasteiger partial charge < -0.3 is 15.0 Å². The van der Waals surface area contributed by atoms with Gasteiger partial charge in [0.15, 0.2) is 0 Å². The molecule has 1 N–H and O–H groups in total. The standard InChI is InChI=1S/C21H25BrN2O2S/c22-19-4-1-2-5-20(19)26-13-3-6-21(25)23-16-17-7-9-18(10-8-17)24-11-14-27-15-12-24/h1-2,4-5,7-10H,3,6,11-16H2,(H,23,25). The lowest BCUT2D eigenvalue weighted by Crippen LogP contribution is -2.32. The Morgan fingerprint density at radius 1 is 1.11 bits per heavy atom. The predicted octanol–water partition coefficient (Wildman–Crippen LogP) is 4.48. The number of benzene rings is 2. The number of halogens is 1. The number of thioether (sulfide) groups is 1. The highest BCUT2D eigenvalue weighted by atomic mass is 79.9. The van der Waals surface area contributed by atoms with Crippen molar-refractivity contribution in [2.45, 2.75) is 19.4 Å². The second kappa shape index (κ2) is 10.6. The second-order valence-electron chi connectivity index (χ2n) is 6.43. The summed E-state index contributed by atoms with van der Waals surface area (Å²) in [5.74, 6) is 3.26. The Labute approximate surface area is 173 Å². The van der Waals surface area contributed by atoms with Gasteiger partial charge in [0.1, 0.15) is 5.75 Å². The molecule has 0 radical (unpaired) electrons. The zero-order valence-electron chi connectivity index (χ0n) is 15.3. The first-order valence-corrected chi connectivity index (χ1v) is 11.2. The minimum atomic E-state index is 0.0582. The summed E-state index contributed by atoms with van der Waals surface area (Å²) in [6.45, 7) is 3.32. The van der Waals surface area contributed by atoms with Gasteiger partial charge >= 0.3 is 0 Å². The third-order valence-corrected chi connectivity index (χ3v) is 6.04. The minimum absolute atomic E-state index is 0.0582. The molecule has 0 bridgehead atoms. The van der Waals surface area contributed by atoms with Crippen molar-refractivity contribution in [3.05, 3.63) is 58.6 Å². The van der Waals surface area contributed by atoms with E-state index >= 15 is 0 Å². The molecule has 1 fully saturated rings. The average Bonchev–Trinajstić information content (AvgIpc) is 2.72. The van der Waals surface area contributed by atoms with E-state index in [-0.39, 0.29) is 5.91 Å². The molecule has 3 rings (SSSR count). The number of nitrogens with one attached hydrogen (secondary N) is 1. The van der Waals surface area contributed by atoms with Gasteiger partial charge in [-0.2, -0.15) is 11.8 Å². The molecule has 1 heterocycles. The van der Waals surface area contributed by atoms with Crippen LogP contribution < -0.4 is 15.0 Å². The van der Waals surface area contributed by atoms with Crippen molar-refractivity contribution in [3.8, 4) is 5.75 Å². The number of rotatable bonds is 8. The summed E-state index contributed by atoms with van der Waals surface area (Å²) in [5, 5.41) is 2.99. The lowest BCUT2D eigenvalue weighted by molar-refractivity contribution is -0.121. The first kappa shape index (κ1) is 20.1. The van der Waals surface area contributed by atoms with Gasteiger partial charge in [-0.3, -0.25) is 4.79 Å². The number of nitrogens with zero attached hydrogens (tertiary/aromatic N) is 1. The highest BCUT2D eigenvalue weighted by Gasteiger charge is 2.11. The number of para-hydroxylation sites is 1. The maximum Gasteiger partial charge on any atom is 0.220 e. The van der Waals surface area contributed by atoms with Gasteiger partial charge in [0.25, 0.3) is 0 Å². The molecule has 0 aliphatic carbocycles. The normalized spacial score (nSPS) is 14.0. The molecule has 2 aromatic rings. The lowest BCUT2D eigenvalue weighted by atomic mass is 10.2. The maximum absolute atomic E-state index is 12.0. The highest BCUT2D eigenvalue weighted by Crippen LogP contribution is 2.24. The van der Waals surface area contributed by atoms with Crippen LogP contribution in [0.4, 0.5) is 5.69 Å². The zero-order valence-corrected chi connectivity index (χ0v) is 17.7. The fourth-order valence-electron chi connectivity index (χ4n) is 2.91. The van der Waals surface area contributed by atoms with E-state index < -0.39 is 0 Å². The van der Waals surface area contributed by atoms with Crippen LogP contribution in [0.1, 0.15) is 18.4 Å². The molecule has 0 unspecified atom stereocenters. The molecule has 1 amide bonds. The Bertz CT molecular complexity index is 733. The number of hydrogen-bond acceptors (Lipinski definition) is 4. The van der Waals surface area contributed by atoms with Crippen molar-refractivity contribution in [3.63, 3.8) is 0 Å². The van der Waals surface area contributed by atoms with Crippen LogP contribution in [0.3, 0.4) is 0 Å². The molecule has 27 heavy (non-hydrogen) atoms. The number of carbonyl (C=O) groups excluding carboxylic acids is 1. The summed E-state index contributed by atoms with van der Waals surface area (Å²) >= 11 is 5.46. The SMILES string of the molecule is O=C(CCCOc1ccccc1Br)NCc1ccc(N2CCSCC2)cc1. The highest BCUT2D eigenvalue weighted by molar-refractivity contribution is 9.10. The van der Waals surface area contributed by atoms with Crippen molar-refractivity contribution in [2.24, 2.45) is 0 Å². The van der Waals surface area contributed by atoms with Crippen LogP contribution in [0.25, 0.3) is 0 Å². The van der Waals surface area contributed by atoms with Crippen LogP contribution in [0.15, 0.2) is 53.0 Å². The van der Waals surface area contributed by atoms with Gasteiger partial charge in [0.05, 0.1) is 11.1 Å². The van der Waals surface area contributed by atoms with E-state index in [1.165, 1.54) is 17.2 Å². The third kappa shape index (κ3) is 6.47. The molecule has 1 aliphatic heterocycles. The Morgan fingerprint density at radius 3 is 2.59 bits per heavy atom. The maximum atomic E-state index is 12.0. The number of amides is 1. The van der Waals surface area contributed by atoms with Crippen molar-refractivity contribution in [1.29, 1.82) is 0 Å². The third-order valence-electron chi connectivity index (χ3n) is 4.44. The monoisotopic (exact) mass is 448 g/mol. The Balaban J connectivity index is 1.34. The molecule has 1 aliphatic rings. The average molecular weight is 449 g/mol. The van der Waals surface area contributed by atoms with Gasteiger partial charge in [-0.1, -0.05) is 24.3 Å². The summed E-state index contributed by atoms with van der Waals surface area (Å²) < 4.78 is 6.62. The molecule has 2 aromatic carbocycles. The fraction of sp³-hybridized carbons (Fsp3) is 0.381. The Morgan fingerprint density at radius 2 is 1.85 bits per heavy atom. The van der Waals surface area contributed by atoms with Gasteiger partial charge in [-0.05, 0) is 52.2 Å². The number of carbonyl (C=O) groups is 1.